The molecule has 95 heavy (non-hydrogen) atoms. The normalized spacial score (nSPS) is 22.7. The number of amides is 4. The van der Waals surface area contributed by atoms with Gasteiger partial charge in [-0.05, 0) is 164 Å². The van der Waals surface area contributed by atoms with Crippen molar-refractivity contribution in [3.05, 3.63) is 136 Å². The number of aryl methyl sites for hydroxylation is 4. The largest absolute Gasteiger partial charge is 0.385 e. The van der Waals surface area contributed by atoms with Gasteiger partial charge in [-0.15, -0.1) is 0 Å². The van der Waals surface area contributed by atoms with Gasteiger partial charge in [0.25, 0.3) is 0 Å². The number of H-pyrrole nitrogens is 3. The number of nitrogens with two attached hydrogens (primary N) is 1. The Kier molecular flexibility index (Phi) is 20.7. The average molecular weight is 1290 g/mol. The summed E-state index contributed by atoms with van der Waals surface area (Å²) in [6.45, 7) is 14.1. The Balaban J connectivity index is 0.000000138. The number of anilines is 3. The maximum Gasteiger partial charge on any atom is 0.239 e. The summed E-state index contributed by atoms with van der Waals surface area (Å²) in [5.41, 5.74) is 15.1. The number of pyridine rings is 1. The van der Waals surface area contributed by atoms with Gasteiger partial charge in [0, 0.05) is 96.9 Å². The summed E-state index contributed by atoms with van der Waals surface area (Å²) in [4.78, 5) is 59.9. The Morgan fingerprint density at radius 1 is 0.547 bits per heavy atom. The first-order valence-corrected chi connectivity index (χ1v) is 34.0. The first-order valence-electron chi connectivity index (χ1n) is 34.0. The molecule has 4 aromatic heterocycles. The van der Waals surface area contributed by atoms with E-state index in [0.29, 0.717) is 47.9 Å². The Morgan fingerprint density at radius 3 is 1.33 bits per heavy atom. The van der Waals surface area contributed by atoms with Crippen molar-refractivity contribution in [1.82, 2.24) is 66.2 Å². The Hall–Kier alpha value is -8.95. The van der Waals surface area contributed by atoms with Crippen LogP contribution in [0.2, 0.25) is 0 Å². The number of nitrogens with zero attached hydrogens (tertiary/aromatic N) is 8. The van der Waals surface area contributed by atoms with Crippen molar-refractivity contribution < 1.29 is 24.3 Å². The number of rotatable bonds is 19. The van der Waals surface area contributed by atoms with Gasteiger partial charge in [0.2, 0.25) is 23.6 Å². The fraction of sp³-hybridized carbons (Fsp3) is 0.486. The number of primary amides is 1. The molecule has 3 aliphatic carbocycles. The van der Waals surface area contributed by atoms with Crippen LogP contribution >= 0.6 is 0 Å². The summed E-state index contributed by atoms with van der Waals surface area (Å²) in [5.74, 6) is 2.65. The summed E-state index contributed by atoms with van der Waals surface area (Å²) in [5, 5.41) is 63.7. The molecule has 4 amide bonds. The third kappa shape index (κ3) is 16.6. The van der Waals surface area contributed by atoms with Gasteiger partial charge in [-0.3, -0.25) is 54.2 Å². The van der Waals surface area contributed by atoms with E-state index in [4.69, 9.17) is 11.0 Å². The number of aromatic nitrogens is 7. The molecule has 0 radical (unpaired) electrons. The molecule has 0 unspecified atom stereocenters. The fourth-order valence-electron chi connectivity index (χ4n) is 14.8. The van der Waals surface area contributed by atoms with Gasteiger partial charge >= 0.3 is 0 Å². The van der Waals surface area contributed by atoms with Crippen LogP contribution in [0.1, 0.15) is 122 Å². The number of hydrogen-bond donors (Lipinski definition) is 11. The molecule has 6 aliphatic rings. The minimum Gasteiger partial charge on any atom is -0.385 e. The van der Waals surface area contributed by atoms with Crippen LogP contribution in [-0.2, 0) is 31.2 Å². The van der Waals surface area contributed by atoms with Gasteiger partial charge in [-0.1, -0.05) is 65.2 Å². The van der Waals surface area contributed by atoms with Crippen LogP contribution in [0.5, 0.6) is 0 Å². The molecule has 500 valence electrons. The third-order valence-electron chi connectivity index (χ3n) is 20.4. The lowest BCUT2D eigenvalue weighted by atomic mass is 9.77. The van der Waals surface area contributed by atoms with Crippen LogP contribution in [-0.4, -0.2) is 174 Å². The maximum atomic E-state index is 12.5. The molecule has 7 heterocycles. The number of aliphatic hydroxyl groups is 1. The van der Waals surface area contributed by atoms with Gasteiger partial charge in [-0.25, -0.2) is 0 Å². The summed E-state index contributed by atoms with van der Waals surface area (Å²) >= 11 is 0. The number of carbonyl (C=O) groups is 4. The topological polar surface area (TPSA) is 319 Å². The SMILES string of the molecule is Cc1ccc2[nH]nc(NCC(=O)NC3CN(C4CCC(C#N)CC4)C3)c2c1.Cc1ccc2[nH]nc(NCC(=O)NC3CN(C4CCC(O)(c5ccc(C)nc5)CC4)C3)c2c1.Cc1ccc2[nH]nc(NCC(=O)NC3CN(C4CCC(c5ccc(CC(N)=O)cc5)CC4)C3)c2c1. The number of nitrogens with one attached hydrogen (secondary N) is 9. The van der Waals surface area contributed by atoms with Crippen molar-refractivity contribution >= 4 is 73.8 Å². The first kappa shape index (κ1) is 66.1. The fourth-order valence-corrected chi connectivity index (χ4v) is 14.8. The molecule has 4 aromatic carbocycles. The molecule has 12 N–H and O–H groups in total. The van der Waals surface area contributed by atoms with Crippen LogP contribution in [0.25, 0.3) is 32.7 Å². The van der Waals surface area contributed by atoms with Crippen molar-refractivity contribution in [1.29, 1.82) is 5.26 Å². The molecule has 6 fully saturated rings. The highest BCUT2D eigenvalue weighted by Crippen LogP contribution is 2.40. The molecule has 23 nitrogen and oxygen atoms in total. The minimum absolute atomic E-state index is 0.00180. The zero-order valence-electron chi connectivity index (χ0n) is 55.1. The van der Waals surface area contributed by atoms with Crippen LogP contribution in [0, 0.1) is 44.9 Å². The lowest BCUT2D eigenvalue weighted by Gasteiger charge is -2.48. The van der Waals surface area contributed by atoms with Crippen molar-refractivity contribution in [2.45, 2.75) is 159 Å². The van der Waals surface area contributed by atoms with E-state index in [1.54, 1.807) is 0 Å². The van der Waals surface area contributed by atoms with Crippen LogP contribution in [0.15, 0.2) is 97.2 Å². The number of aromatic amines is 3. The predicted octanol–water partition coefficient (Wildman–Crippen LogP) is 7.62. The molecule has 0 atom stereocenters. The third-order valence-corrected chi connectivity index (χ3v) is 20.4. The number of benzene rings is 4. The van der Waals surface area contributed by atoms with Gasteiger partial charge in [0.05, 0.1) is 72.4 Å². The first-order chi connectivity index (χ1) is 46.0. The zero-order valence-corrected chi connectivity index (χ0v) is 55.1. The lowest BCUT2D eigenvalue weighted by molar-refractivity contribution is -0.122. The number of carbonyl (C=O) groups excluding carboxylic acids is 4. The second-order valence-corrected chi connectivity index (χ2v) is 27.6. The predicted molar refractivity (Wildman–Crippen MR) is 369 cm³/mol. The van der Waals surface area contributed by atoms with E-state index in [9.17, 15) is 24.3 Å². The van der Waals surface area contributed by atoms with Gasteiger partial charge < -0.3 is 42.7 Å². The van der Waals surface area contributed by atoms with Crippen LogP contribution in [0.4, 0.5) is 17.5 Å². The molecule has 3 saturated carbocycles. The van der Waals surface area contributed by atoms with Gasteiger partial charge in [-0.2, -0.15) is 20.6 Å². The summed E-state index contributed by atoms with van der Waals surface area (Å²) < 4.78 is 0. The highest BCUT2D eigenvalue weighted by molar-refractivity contribution is 5.94. The summed E-state index contributed by atoms with van der Waals surface area (Å²) in [6.07, 6.45) is 14.5. The van der Waals surface area contributed by atoms with Crippen molar-refractivity contribution in [2.24, 2.45) is 11.7 Å². The number of likely N-dealkylation sites (tertiary alicyclic amines) is 3. The zero-order chi connectivity index (χ0) is 66.2. The molecule has 3 aliphatic heterocycles. The second-order valence-electron chi connectivity index (χ2n) is 27.6. The highest BCUT2D eigenvalue weighted by Gasteiger charge is 2.41. The number of fused-ring (bicyclic) bond motifs is 3. The summed E-state index contributed by atoms with van der Waals surface area (Å²) in [7, 11) is 0. The van der Waals surface area contributed by atoms with E-state index < -0.39 is 5.60 Å². The van der Waals surface area contributed by atoms with Crippen molar-refractivity contribution in [2.75, 3.05) is 74.9 Å². The standard InChI is InChI=1S/C27H34N6O2.C25H32N6O2.C20H26N6O/c1-17-2-11-24-23(12-17)27(32-31-24)29-14-26(35)30-21-15-33(16-21)22-9-7-20(8-10-22)19-5-3-18(4-6-19)13-25(28)34;1-16-3-6-22-21(11-16)24(30-29-22)27-13-23(32)28-19-14-31(15-19)20-7-9-25(33,10-8-20)18-5-4-17(2)26-12-18;1-13-2-7-18-17(8-13)20(25-24-18)22-10-19(27)23-15-11-26(12-15)16-5-3-14(9-21)4-6-16/h2-6,11-12,20-22H,7-10,13-16H2,1H3,(H2,28,34)(H,30,35)(H2,29,31,32);3-6,11-12,19-20,33H,7-10,13-15H2,1-2H3,(H,28,32)(H2,27,29,30);2,7-8,14-16H,3-6,10-12H2,1H3,(H,23,27)(H2,22,24,25). The average Bonchev–Trinajstić information content (AvgIpc) is 1.74. The van der Waals surface area contributed by atoms with E-state index in [2.05, 4.69) is 119 Å². The Morgan fingerprint density at radius 2 is 0.947 bits per heavy atom. The van der Waals surface area contributed by atoms with E-state index in [-0.39, 0.29) is 67.3 Å². The molecule has 14 rings (SSSR count). The van der Waals surface area contributed by atoms with E-state index >= 15 is 0 Å². The van der Waals surface area contributed by atoms with Crippen molar-refractivity contribution in [3.63, 3.8) is 0 Å². The molecule has 8 aromatic rings. The second kappa shape index (κ2) is 29.8. The van der Waals surface area contributed by atoms with E-state index in [1.807, 2.05) is 94.6 Å². The maximum absolute atomic E-state index is 12.5. The van der Waals surface area contributed by atoms with Gasteiger partial charge in [0.15, 0.2) is 17.5 Å². The molecular formula is C72H92N18O5. The molecule has 0 bridgehead atoms. The Labute approximate surface area is 554 Å². The number of nitriles is 1. The van der Waals surface area contributed by atoms with Crippen molar-refractivity contribution in [3.8, 4) is 6.07 Å². The smallest absolute Gasteiger partial charge is 0.239 e. The quantitative estimate of drug-likeness (QED) is 0.0371. The molecule has 3 saturated heterocycles. The molecule has 23 heteroatoms. The Bertz CT molecular complexity index is 3980. The summed E-state index contributed by atoms with van der Waals surface area (Å²) in [6, 6.07) is 35.3. The van der Waals surface area contributed by atoms with E-state index in [1.165, 1.54) is 31.2 Å². The van der Waals surface area contributed by atoms with Crippen LogP contribution < -0.4 is 37.6 Å². The van der Waals surface area contributed by atoms with Crippen LogP contribution in [0.3, 0.4) is 0 Å². The van der Waals surface area contributed by atoms with E-state index in [0.717, 1.165) is 157 Å². The number of hydrogen-bond acceptors (Lipinski definition) is 16. The molecular weight excluding hydrogens is 1200 g/mol. The lowest BCUT2D eigenvalue weighted by Crippen LogP contribution is -2.63. The monoisotopic (exact) mass is 1290 g/mol. The van der Waals surface area contributed by atoms with Gasteiger partial charge in [0.1, 0.15) is 0 Å². The minimum atomic E-state index is -0.768. The highest BCUT2D eigenvalue weighted by atomic mass is 16.3. The molecule has 0 spiro atoms.